The van der Waals surface area contributed by atoms with Crippen molar-refractivity contribution < 1.29 is 9.18 Å². The summed E-state index contributed by atoms with van der Waals surface area (Å²) in [4.78, 5) is 12.3. The van der Waals surface area contributed by atoms with E-state index in [1.807, 2.05) is 6.92 Å². The maximum atomic E-state index is 14.1. The summed E-state index contributed by atoms with van der Waals surface area (Å²) in [6, 6.07) is 10.1. The van der Waals surface area contributed by atoms with Crippen molar-refractivity contribution in [1.29, 1.82) is 0 Å². The highest BCUT2D eigenvalue weighted by molar-refractivity contribution is 6.31. The number of halogens is 2. The van der Waals surface area contributed by atoms with Crippen LogP contribution in [0.15, 0.2) is 42.6 Å². The van der Waals surface area contributed by atoms with Gasteiger partial charge in [0.15, 0.2) is 11.5 Å². The minimum absolute atomic E-state index is 0.0790. The molecule has 0 bridgehead atoms. The number of nitrogens with zero attached hydrogens (tertiary/aromatic N) is 3. The number of aryl methyl sites for hydroxylation is 2. The number of anilines is 1. The molecule has 24 heavy (non-hydrogen) atoms. The van der Waals surface area contributed by atoms with Gasteiger partial charge in [-0.25, -0.2) is 9.07 Å². The largest absolute Gasteiger partial charge is 0.320 e. The van der Waals surface area contributed by atoms with Gasteiger partial charge in [0.1, 0.15) is 5.69 Å². The van der Waals surface area contributed by atoms with Gasteiger partial charge in [0.25, 0.3) is 5.91 Å². The SMILES string of the molecule is Cc1ccc(Cl)cc1NC(=O)c1cn(-c2cccc(C)c2F)nn1. The van der Waals surface area contributed by atoms with Crippen LogP contribution >= 0.6 is 11.6 Å². The fourth-order valence-corrected chi connectivity index (χ4v) is 2.38. The molecular weight excluding hydrogens is 331 g/mol. The third-order valence-electron chi connectivity index (χ3n) is 3.59. The summed E-state index contributed by atoms with van der Waals surface area (Å²) in [7, 11) is 0. The van der Waals surface area contributed by atoms with Gasteiger partial charge in [0, 0.05) is 10.7 Å². The normalized spacial score (nSPS) is 10.7. The number of carbonyl (C=O) groups is 1. The predicted molar refractivity (Wildman–Crippen MR) is 90.2 cm³/mol. The number of nitrogens with one attached hydrogen (secondary N) is 1. The second kappa shape index (κ2) is 6.41. The van der Waals surface area contributed by atoms with E-state index >= 15 is 0 Å². The maximum Gasteiger partial charge on any atom is 0.277 e. The molecule has 122 valence electrons. The van der Waals surface area contributed by atoms with Crippen LogP contribution in [0.3, 0.4) is 0 Å². The smallest absolute Gasteiger partial charge is 0.277 e. The standard InChI is InChI=1S/C17H14ClFN4O/c1-10-6-7-12(18)8-13(10)20-17(24)14-9-23(22-21-14)15-5-3-4-11(2)16(15)19/h3-9H,1-2H3,(H,20,24). The Balaban J connectivity index is 1.86. The third kappa shape index (κ3) is 3.14. The second-order valence-electron chi connectivity index (χ2n) is 5.37. The highest BCUT2D eigenvalue weighted by Gasteiger charge is 2.15. The lowest BCUT2D eigenvalue weighted by molar-refractivity contribution is 0.102. The zero-order chi connectivity index (χ0) is 17.3. The fourth-order valence-electron chi connectivity index (χ4n) is 2.21. The van der Waals surface area contributed by atoms with Gasteiger partial charge in [0.05, 0.1) is 6.20 Å². The van der Waals surface area contributed by atoms with E-state index in [1.165, 1.54) is 10.9 Å². The topological polar surface area (TPSA) is 59.8 Å². The number of carbonyl (C=O) groups excluding carboxylic acids is 1. The van der Waals surface area contributed by atoms with E-state index in [1.54, 1.807) is 43.3 Å². The number of amides is 1. The lowest BCUT2D eigenvalue weighted by Gasteiger charge is -2.07. The first-order valence-electron chi connectivity index (χ1n) is 7.21. The van der Waals surface area contributed by atoms with E-state index in [-0.39, 0.29) is 11.4 Å². The summed E-state index contributed by atoms with van der Waals surface area (Å²) in [5.41, 5.74) is 2.26. The van der Waals surface area contributed by atoms with Crippen molar-refractivity contribution in [3.63, 3.8) is 0 Å². The van der Waals surface area contributed by atoms with Crippen molar-refractivity contribution in [2.24, 2.45) is 0 Å². The van der Waals surface area contributed by atoms with Crippen LogP contribution in [-0.4, -0.2) is 20.9 Å². The van der Waals surface area contributed by atoms with Crippen molar-refractivity contribution in [2.75, 3.05) is 5.32 Å². The van der Waals surface area contributed by atoms with Gasteiger partial charge in [-0.3, -0.25) is 4.79 Å². The summed E-state index contributed by atoms with van der Waals surface area (Å²) in [5, 5.41) is 10.9. The molecule has 1 aromatic heterocycles. The van der Waals surface area contributed by atoms with Crippen LogP contribution in [-0.2, 0) is 0 Å². The molecule has 0 aliphatic carbocycles. The molecule has 3 aromatic rings. The molecular formula is C17H14ClFN4O. The van der Waals surface area contributed by atoms with Crippen molar-refractivity contribution in [2.45, 2.75) is 13.8 Å². The summed E-state index contributed by atoms with van der Waals surface area (Å²) in [5.74, 6) is -0.847. The van der Waals surface area contributed by atoms with Gasteiger partial charge >= 0.3 is 0 Å². The van der Waals surface area contributed by atoms with Crippen LogP contribution in [0.25, 0.3) is 5.69 Å². The van der Waals surface area contributed by atoms with Crippen LogP contribution in [0.1, 0.15) is 21.6 Å². The molecule has 0 atom stereocenters. The zero-order valence-electron chi connectivity index (χ0n) is 13.0. The van der Waals surface area contributed by atoms with Crippen molar-refractivity contribution in [3.05, 3.63) is 70.3 Å². The van der Waals surface area contributed by atoms with E-state index in [2.05, 4.69) is 15.6 Å². The summed E-state index contributed by atoms with van der Waals surface area (Å²) in [6.45, 7) is 3.51. The Morgan fingerprint density at radius 2 is 2.00 bits per heavy atom. The minimum Gasteiger partial charge on any atom is -0.320 e. The summed E-state index contributed by atoms with van der Waals surface area (Å²) < 4.78 is 15.4. The van der Waals surface area contributed by atoms with Crippen LogP contribution in [0.4, 0.5) is 10.1 Å². The molecule has 0 saturated heterocycles. The fraction of sp³-hybridized carbons (Fsp3) is 0.118. The van der Waals surface area contributed by atoms with Gasteiger partial charge in [-0.2, -0.15) is 0 Å². The van der Waals surface area contributed by atoms with Crippen LogP contribution in [0.5, 0.6) is 0 Å². The quantitative estimate of drug-likeness (QED) is 0.783. The Hall–Kier alpha value is -2.73. The van der Waals surface area contributed by atoms with Crippen LogP contribution in [0.2, 0.25) is 5.02 Å². The molecule has 0 fully saturated rings. The first-order chi connectivity index (χ1) is 11.5. The molecule has 3 rings (SSSR count). The third-order valence-corrected chi connectivity index (χ3v) is 3.83. The number of hydrogen-bond acceptors (Lipinski definition) is 3. The molecule has 5 nitrogen and oxygen atoms in total. The number of hydrogen-bond donors (Lipinski definition) is 1. The molecule has 0 radical (unpaired) electrons. The van der Waals surface area contributed by atoms with Crippen LogP contribution < -0.4 is 5.32 Å². The summed E-state index contributed by atoms with van der Waals surface area (Å²) >= 11 is 5.94. The minimum atomic E-state index is -0.445. The Bertz CT molecular complexity index is 923. The molecule has 0 aliphatic heterocycles. The van der Waals surface area contributed by atoms with Gasteiger partial charge in [-0.1, -0.05) is 35.0 Å². The molecule has 7 heteroatoms. The zero-order valence-corrected chi connectivity index (χ0v) is 13.8. The number of rotatable bonds is 3. The van der Waals surface area contributed by atoms with Gasteiger partial charge < -0.3 is 5.32 Å². The van der Waals surface area contributed by atoms with Gasteiger partial charge in [-0.15, -0.1) is 5.10 Å². The number of aromatic nitrogens is 3. The molecule has 0 aliphatic rings. The second-order valence-corrected chi connectivity index (χ2v) is 5.81. The van der Waals surface area contributed by atoms with Crippen LogP contribution in [0, 0.1) is 19.7 Å². The van der Waals surface area contributed by atoms with E-state index < -0.39 is 11.7 Å². The molecule has 1 heterocycles. The van der Waals surface area contributed by atoms with Crippen molar-refractivity contribution in [1.82, 2.24) is 15.0 Å². The molecule has 1 amide bonds. The lowest BCUT2D eigenvalue weighted by atomic mass is 10.2. The predicted octanol–water partition coefficient (Wildman–Crippen LogP) is 3.93. The van der Waals surface area contributed by atoms with Crippen molar-refractivity contribution >= 4 is 23.2 Å². The molecule has 2 aromatic carbocycles. The lowest BCUT2D eigenvalue weighted by Crippen LogP contribution is -2.13. The average Bonchev–Trinajstić information content (AvgIpc) is 3.03. The Kier molecular flexibility index (Phi) is 4.31. The highest BCUT2D eigenvalue weighted by atomic mass is 35.5. The Morgan fingerprint density at radius 3 is 2.79 bits per heavy atom. The monoisotopic (exact) mass is 344 g/mol. The van der Waals surface area contributed by atoms with E-state index in [0.717, 1.165) is 5.56 Å². The van der Waals surface area contributed by atoms with E-state index in [9.17, 15) is 9.18 Å². The Morgan fingerprint density at radius 1 is 1.21 bits per heavy atom. The van der Waals surface area contributed by atoms with E-state index in [0.29, 0.717) is 16.3 Å². The van der Waals surface area contributed by atoms with Gasteiger partial charge in [0.2, 0.25) is 0 Å². The van der Waals surface area contributed by atoms with Gasteiger partial charge in [-0.05, 0) is 43.2 Å². The average molecular weight is 345 g/mol. The molecule has 1 N–H and O–H groups in total. The molecule has 0 spiro atoms. The maximum absolute atomic E-state index is 14.1. The summed E-state index contributed by atoms with van der Waals surface area (Å²) in [6.07, 6.45) is 1.38. The molecule has 0 unspecified atom stereocenters. The first-order valence-corrected chi connectivity index (χ1v) is 7.59. The van der Waals surface area contributed by atoms with Crippen molar-refractivity contribution in [3.8, 4) is 5.69 Å². The Labute approximate surface area is 143 Å². The number of benzene rings is 2. The first kappa shape index (κ1) is 16.1. The van der Waals surface area contributed by atoms with E-state index in [4.69, 9.17) is 11.6 Å². The molecule has 0 saturated carbocycles. The highest BCUT2D eigenvalue weighted by Crippen LogP contribution is 2.21.